The molecule has 31 heavy (non-hydrogen) atoms. The molecule has 0 spiro atoms. The molecule has 0 N–H and O–H groups in total. The number of hydrogen-bond donors (Lipinski definition) is 0. The van der Waals surface area contributed by atoms with Crippen LogP contribution in [0.25, 0.3) is 6.08 Å². The molecule has 1 aromatic carbocycles. The Kier molecular flexibility index (Phi) is 6.96. The van der Waals surface area contributed by atoms with Gasteiger partial charge in [0.1, 0.15) is 12.1 Å². The van der Waals surface area contributed by atoms with Crippen LogP contribution in [0.15, 0.2) is 29.2 Å². The number of hydrogen-bond acceptors (Lipinski definition) is 6. The summed E-state index contributed by atoms with van der Waals surface area (Å²) in [6.07, 6.45) is 1.18. The molecule has 2 fully saturated rings. The first-order valence-corrected chi connectivity index (χ1v) is 11.0. The van der Waals surface area contributed by atoms with Gasteiger partial charge in [0.15, 0.2) is 0 Å². The van der Waals surface area contributed by atoms with Gasteiger partial charge >= 0.3 is 6.09 Å². The van der Waals surface area contributed by atoms with Crippen molar-refractivity contribution in [3.63, 3.8) is 0 Å². The molecule has 2 aliphatic heterocycles. The van der Waals surface area contributed by atoms with E-state index in [1.54, 1.807) is 60.9 Å². The Labute approximate surface area is 190 Å². The zero-order chi connectivity index (χ0) is 22.8. The van der Waals surface area contributed by atoms with Gasteiger partial charge in [0.25, 0.3) is 11.1 Å². The Hall–Kier alpha value is -2.52. The summed E-state index contributed by atoms with van der Waals surface area (Å²) >= 11 is 6.67. The molecular formula is C21H24ClN3O5S. The first-order valence-electron chi connectivity index (χ1n) is 9.80. The number of carbonyl (C=O) groups excluding carboxylic acids is 4. The largest absolute Gasteiger partial charge is 0.444 e. The summed E-state index contributed by atoms with van der Waals surface area (Å²) in [4.78, 5) is 54.0. The molecule has 0 bridgehead atoms. The quantitative estimate of drug-likeness (QED) is 0.635. The number of ether oxygens (including phenoxy) is 1. The first-order chi connectivity index (χ1) is 14.5. The van der Waals surface area contributed by atoms with Crippen LogP contribution in [0.2, 0.25) is 5.02 Å². The molecule has 8 nitrogen and oxygen atoms in total. The number of imide groups is 1. The van der Waals surface area contributed by atoms with E-state index in [0.717, 1.165) is 22.2 Å². The maximum absolute atomic E-state index is 12.7. The number of piperazine rings is 1. The van der Waals surface area contributed by atoms with Crippen molar-refractivity contribution in [2.24, 2.45) is 0 Å². The van der Waals surface area contributed by atoms with E-state index in [4.69, 9.17) is 16.3 Å². The van der Waals surface area contributed by atoms with Crippen molar-refractivity contribution >= 4 is 52.6 Å². The Bertz CT molecular complexity index is 918. The van der Waals surface area contributed by atoms with Crippen molar-refractivity contribution in [1.29, 1.82) is 0 Å². The van der Waals surface area contributed by atoms with E-state index in [1.807, 2.05) is 0 Å². The molecule has 0 aliphatic carbocycles. The van der Waals surface area contributed by atoms with E-state index < -0.39 is 22.8 Å². The van der Waals surface area contributed by atoms with Crippen LogP contribution >= 0.6 is 23.4 Å². The number of thioether (sulfide) groups is 1. The van der Waals surface area contributed by atoms with E-state index in [2.05, 4.69) is 0 Å². The highest BCUT2D eigenvalue weighted by Gasteiger charge is 2.37. The SMILES string of the molecule is CC(C)(C)OC(=O)N1CCN(C(=O)CN2C(=O)SC(=Cc3ccc(Cl)cc3)C2=O)CC1. The van der Waals surface area contributed by atoms with Gasteiger partial charge in [-0.05, 0) is 56.3 Å². The highest BCUT2D eigenvalue weighted by molar-refractivity contribution is 8.18. The average Bonchev–Trinajstić information content (AvgIpc) is 2.96. The number of rotatable bonds is 3. The summed E-state index contributed by atoms with van der Waals surface area (Å²) in [5.41, 5.74) is 0.148. The van der Waals surface area contributed by atoms with Crippen molar-refractivity contribution in [1.82, 2.24) is 14.7 Å². The summed E-state index contributed by atoms with van der Waals surface area (Å²) in [7, 11) is 0. The summed E-state index contributed by atoms with van der Waals surface area (Å²) < 4.78 is 5.35. The van der Waals surface area contributed by atoms with Gasteiger partial charge < -0.3 is 14.5 Å². The molecule has 0 radical (unpaired) electrons. The van der Waals surface area contributed by atoms with Crippen molar-refractivity contribution in [2.75, 3.05) is 32.7 Å². The molecule has 3 rings (SSSR count). The summed E-state index contributed by atoms with van der Waals surface area (Å²) in [5.74, 6) is -0.829. The Morgan fingerprint density at radius 1 is 1.06 bits per heavy atom. The third kappa shape index (κ3) is 6.01. The number of halogens is 1. The fraction of sp³-hybridized carbons (Fsp3) is 0.429. The lowest BCUT2D eigenvalue weighted by molar-refractivity contribution is -0.137. The Balaban J connectivity index is 1.56. The van der Waals surface area contributed by atoms with Crippen LogP contribution in [-0.4, -0.2) is 76.2 Å². The second kappa shape index (κ2) is 9.32. The van der Waals surface area contributed by atoms with Crippen LogP contribution in [-0.2, 0) is 14.3 Å². The lowest BCUT2D eigenvalue weighted by Gasteiger charge is -2.36. The smallest absolute Gasteiger partial charge is 0.410 e. The molecule has 2 heterocycles. The minimum Gasteiger partial charge on any atom is -0.444 e. The fourth-order valence-corrected chi connectivity index (χ4v) is 4.01. The van der Waals surface area contributed by atoms with Gasteiger partial charge in [-0.1, -0.05) is 23.7 Å². The van der Waals surface area contributed by atoms with Gasteiger partial charge in [0, 0.05) is 31.2 Å². The molecule has 2 aliphatic rings. The van der Waals surface area contributed by atoms with Crippen molar-refractivity contribution in [2.45, 2.75) is 26.4 Å². The van der Waals surface area contributed by atoms with Gasteiger partial charge in [-0.25, -0.2) is 4.79 Å². The monoisotopic (exact) mass is 465 g/mol. The second-order valence-corrected chi connectivity index (χ2v) is 9.60. The number of amides is 4. The van der Waals surface area contributed by atoms with Crippen LogP contribution in [0.5, 0.6) is 0 Å². The zero-order valence-corrected chi connectivity index (χ0v) is 19.2. The molecule has 0 unspecified atom stereocenters. The van der Waals surface area contributed by atoms with Crippen LogP contribution in [0.1, 0.15) is 26.3 Å². The van der Waals surface area contributed by atoms with Gasteiger partial charge in [-0.15, -0.1) is 0 Å². The van der Waals surface area contributed by atoms with Crippen LogP contribution in [0.3, 0.4) is 0 Å². The summed E-state index contributed by atoms with van der Waals surface area (Å²) in [5, 5.41) is 0.0913. The minimum absolute atomic E-state index is 0.259. The number of benzene rings is 1. The molecule has 4 amide bonds. The van der Waals surface area contributed by atoms with Gasteiger partial charge in [-0.2, -0.15) is 0 Å². The lowest BCUT2D eigenvalue weighted by atomic mass is 10.2. The second-order valence-electron chi connectivity index (χ2n) is 8.17. The molecular weight excluding hydrogens is 442 g/mol. The highest BCUT2D eigenvalue weighted by atomic mass is 35.5. The molecule has 0 aromatic heterocycles. The predicted molar refractivity (Wildman–Crippen MR) is 119 cm³/mol. The molecule has 0 saturated carbocycles. The van der Waals surface area contributed by atoms with E-state index in [0.29, 0.717) is 31.2 Å². The molecule has 10 heteroatoms. The van der Waals surface area contributed by atoms with E-state index in [9.17, 15) is 19.2 Å². The molecule has 166 valence electrons. The maximum Gasteiger partial charge on any atom is 0.410 e. The lowest BCUT2D eigenvalue weighted by Crippen LogP contribution is -2.53. The third-order valence-electron chi connectivity index (χ3n) is 4.62. The van der Waals surface area contributed by atoms with E-state index in [1.165, 1.54) is 0 Å². The fourth-order valence-electron chi connectivity index (χ4n) is 3.05. The molecule has 2 saturated heterocycles. The third-order valence-corrected chi connectivity index (χ3v) is 5.78. The zero-order valence-electron chi connectivity index (χ0n) is 17.6. The first kappa shape index (κ1) is 23.1. The number of nitrogens with zero attached hydrogens (tertiary/aromatic N) is 3. The van der Waals surface area contributed by atoms with Crippen LogP contribution in [0.4, 0.5) is 9.59 Å². The number of carbonyl (C=O) groups is 4. The Morgan fingerprint density at radius 3 is 2.23 bits per heavy atom. The normalized spacial score (nSPS) is 18.7. The predicted octanol–water partition coefficient (Wildman–Crippen LogP) is 3.46. The van der Waals surface area contributed by atoms with Gasteiger partial charge in [0.05, 0.1) is 4.91 Å². The average molecular weight is 466 g/mol. The minimum atomic E-state index is -0.588. The van der Waals surface area contributed by atoms with E-state index >= 15 is 0 Å². The van der Waals surface area contributed by atoms with Crippen molar-refractivity contribution in [3.05, 3.63) is 39.8 Å². The maximum atomic E-state index is 12.7. The molecule has 0 atom stereocenters. The summed E-state index contributed by atoms with van der Waals surface area (Å²) in [6, 6.07) is 6.87. The van der Waals surface area contributed by atoms with Gasteiger partial charge in [-0.3, -0.25) is 19.3 Å². The standard InChI is InChI=1S/C21H24ClN3O5S/c1-21(2,3)30-19(28)24-10-8-23(9-11-24)17(26)13-25-18(27)16(31-20(25)29)12-14-4-6-15(22)7-5-14/h4-7,12H,8-11,13H2,1-3H3. The Morgan fingerprint density at radius 2 is 1.65 bits per heavy atom. The molecule has 1 aromatic rings. The topological polar surface area (TPSA) is 87.2 Å². The summed E-state index contributed by atoms with van der Waals surface area (Å²) in [6.45, 7) is 6.35. The van der Waals surface area contributed by atoms with E-state index in [-0.39, 0.29) is 17.4 Å². The van der Waals surface area contributed by atoms with Crippen LogP contribution < -0.4 is 0 Å². The van der Waals surface area contributed by atoms with Crippen molar-refractivity contribution in [3.8, 4) is 0 Å². The van der Waals surface area contributed by atoms with Gasteiger partial charge in [0.2, 0.25) is 5.91 Å². The van der Waals surface area contributed by atoms with Crippen LogP contribution in [0, 0.1) is 0 Å². The van der Waals surface area contributed by atoms with Crippen molar-refractivity contribution < 1.29 is 23.9 Å². The highest BCUT2D eigenvalue weighted by Crippen LogP contribution is 2.32.